The van der Waals surface area contributed by atoms with Crippen LogP contribution in [0.3, 0.4) is 0 Å². The van der Waals surface area contributed by atoms with Gasteiger partial charge in [0.2, 0.25) is 0 Å². The number of amides is 1. The maximum atomic E-state index is 12.1. The predicted octanol–water partition coefficient (Wildman–Crippen LogP) is 2.72. The van der Waals surface area contributed by atoms with Crippen molar-refractivity contribution in [1.29, 1.82) is 0 Å². The van der Waals surface area contributed by atoms with E-state index in [4.69, 9.17) is 11.5 Å². The number of aryl methyl sites for hydroxylation is 2. The molecule has 2 aromatic rings. The Labute approximate surface area is 112 Å². The van der Waals surface area contributed by atoms with E-state index in [9.17, 15) is 4.79 Å². The molecule has 19 heavy (non-hydrogen) atoms. The van der Waals surface area contributed by atoms with Crippen LogP contribution < -0.4 is 16.8 Å². The van der Waals surface area contributed by atoms with Gasteiger partial charge in [0.05, 0.1) is 16.9 Å². The van der Waals surface area contributed by atoms with Gasteiger partial charge in [-0.05, 0) is 49.2 Å². The Bertz CT molecular complexity index is 635. The van der Waals surface area contributed by atoms with Crippen LogP contribution in [-0.4, -0.2) is 5.91 Å². The van der Waals surface area contributed by atoms with E-state index in [0.29, 0.717) is 16.9 Å². The number of rotatable bonds is 2. The van der Waals surface area contributed by atoms with E-state index in [-0.39, 0.29) is 5.91 Å². The van der Waals surface area contributed by atoms with Crippen molar-refractivity contribution >= 4 is 23.0 Å². The number of nitrogen functional groups attached to an aromatic ring is 2. The molecule has 0 aliphatic carbocycles. The van der Waals surface area contributed by atoms with E-state index >= 15 is 0 Å². The lowest BCUT2D eigenvalue weighted by molar-refractivity contribution is 0.102. The van der Waals surface area contributed by atoms with Gasteiger partial charge in [0.1, 0.15) is 0 Å². The molecule has 0 atom stereocenters. The van der Waals surface area contributed by atoms with Crippen LogP contribution in [0, 0.1) is 13.8 Å². The van der Waals surface area contributed by atoms with Crippen molar-refractivity contribution in [3.63, 3.8) is 0 Å². The van der Waals surface area contributed by atoms with Crippen LogP contribution >= 0.6 is 0 Å². The zero-order chi connectivity index (χ0) is 14.0. The number of nitrogens with one attached hydrogen (secondary N) is 1. The first kappa shape index (κ1) is 13.0. The lowest BCUT2D eigenvalue weighted by Gasteiger charge is -2.10. The molecule has 2 rings (SSSR count). The summed E-state index contributed by atoms with van der Waals surface area (Å²) in [5.41, 5.74) is 15.7. The monoisotopic (exact) mass is 255 g/mol. The third kappa shape index (κ3) is 2.68. The van der Waals surface area contributed by atoms with E-state index < -0.39 is 0 Å². The van der Waals surface area contributed by atoms with E-state index in [1.807, 2.05) is 32.0 Å². The molecule has 0 aliphatic heterocycles. The van der Waals surface area contributed by atoms with Gasteiger partial charge >= 0.3 is 0 Å². The number of para-hydroxylation sites is 1. The van der Waals surface area contributed by atoms with Crippen molar-refractivity contribution in [1.82, 2.24) is 0 Å². The van der Waals surface area contributed by atoms with Crippen LogP contribution in [0.2, 0.25) is 0 Å². The van der Waals surface area contributed by atoms with E-state index in [0.717, 1.165) is 11.3 Å². The summed E-state index contributed by atoms with van der Waals surface area (Å²) in [4.78, 5) is 12.1. The standard InChI is InChI=1S/C15H17N3O/c1-9-6-7-11(8-10(9)2)18-15(19)12-4-3-5-13(16)14(12)17/h3-8H,16-17H2,1-2H3,(H,18,19). The Kier molecular flexibility index (Phi) is 3.42. The first-order valence-corrected chi connectivity index (χ1v) is 6.01. The number of carbonyl (C=O) groups excluding carboxylic acids is 1. The Morgan fingerprint density at radius 3 is 2.47 bits per heavy atom. The Morgan fingerprint density at radius 2 is 1.79 bits per heavy atom. The molecule has 0 heterocycles. The van der Waals surface area contributed by atoms with Gasteiger partial charge in [0, 0.05) is 5.69 Å². The van der Waals surface area contributed by atoms with Crippen molar-refractivity contribution in [2.45, 2.75) is 13.8 Å². The summed E-state index contributed by atoms with van der Waals surface area (Å²) in [5.74, 6) is -0.256. The molecule has 0 radical (unpaired) electrons. The number of carbonyl (C=O) groups is 1. The molecule has 4 nitrogen and oxygen atoms in total. The van der Waals surface area contributed by atoms with Gasteiger partial charge in [0.25, 0.3) is 5.91 Å². The first-order valence-electron chi connectivity index (χ1n) is 6.01. The van der Waals surface area contributed by atoms with Crippen molar-refractivity contribution < 1.29 is 4.79 Å². The molecule has 0 saturated heterocycles. The molecule has 0 aliphatic rings. The second kappa shape index (κ2) is 5.02. The number of benzene rings is 2. The van der Waals surface area contributed by atoms with Crippen LogP contribution in [0.1, 0.15) is 21.5 Å². The van der Waals surface area contributed by atoms with E-state index in [1.165, 1.54) is 5.56 Å². The molecule has 0 aromatic heterocycles. The fourth-order valence-corrected chi connectivity index (χ4v) is 1.80. The molecule has 5 N–H and O–H groups in total. The molecule has 2 aromatic carbocycles. The number of hydrogen-bond donors (Lipinski definition) is 3. The summed E-state index contributed by atoms with van der Waals surface area (Å²) in [6, 6.07) is 10.8. The van der Waals surface area contributed by atoms with Crippen molar-refractivity contribution in [3.8, 4) is 0 Å². The zero-order valence-electron chi connectivity index (χ0n) is 11.0. The van der Waals surface area contributed by atoms with Crippen LogP contribution in [0.15, 0.2) is 36.4 Å². The summed E-state index contributed by atoms with van der Waals surface area (Å²) in [6.07, 6.45) is 0. The Balaban J connectivity index is 2.26. The second-order valence-corrected chi connectivity index (χ2v) is 4.56. The van der Waals surface area contributed by atoms with Gasteiger partial charge < -0.3 is 16.8 Å². The van der Waals surface area contributed by atoms with Crippen LogP contribution in [0.25, 0.3) is 0 Å². The number of anilines is 3. The van der Waals surface area contributed by atoms with E-state index in [2.05, 4.69) is 5.32 Å². The average Bonchev–Trinajstić information content (AvgIpc) is 2.37. The van der Waals surface area contributed by atoms with Crippen LogP contribution in [0.4, 0.5) is 17.1 Å². The highest BCUT2D eigenvalue weighted by molar-refractivity contribution is 6.09. The lowest BCUT2D eigenvalue weighted by atomic mass is 10.1. The van der Waals surface area contributed by atoms with Crippen LogP contribution in [0.5, 0.6) is 0 Å². The summed E-state index contributed by atoms with van der Waals surface area (Å²) in [5, 5.41) is 2.82. The molecular weight excluding hydrogens is 238 g/mol. The topological polar surface area (TPSA) is 81.1 Å². The molecule has 0 unspecified atom stereocenters. The summed E-state index contributed by atoms with van der Waals surface area (Å²) >= 11 is 0. The van der Waals surface area contributed by atoms with Crippen molar-refractivity contribution in [3.05, 3.63) is 53.1 Å². The highest BCUT2D eigenvalue weighted by atomic mass is 16.1. The maximum Gasteiger partial charge on any atom is 0.257 e. The summed E-state index contributed by atoms with van der Waals surface area (Å²) in [6.45, 7) is 4.02. The SMILES string of the molecule is Cc1ccc(NC(=O)c2cccc(N)c2N)cc1C. The van der Waals surface area contributed by atoms with Gasteiger partial charge in [-0.3, -0.25) is 4.79 Å². The van der Waals surface area contributed by atoms with Crippen molar-refractivity contribution in [2.75, 3.05) is 16.8 Å². The molecule has 0 bridgehead atoms. The molecule has 0 saturated carbocycles. The van der Waals surface area contributed by atoms with Gasteiger partial charge in [-0.25, -0.2) is 0 Å². The van der Waals surface area contributed by atoms with Crippen LogP contribution in [-0.2, 0) is 0 Å². The third-order valence-electron chi connectivity index (χ3n) is 3.15. The lowest BCUT2D eigenvalue weighted by Crippen LogP contribution is -2.15. The van der Waals surface area contributed by atoms with Gasteiger partial charge in [-0.1, -0.05) is 12.1 Å². The minimum absolute atomic E-state index is 0.256. The van der Waals surface area contributed by atoms with Gasteiger partial charge in [-0.15, -0.1) is 0 Å². The fourth-order valence-electron chi connectivity index (χ4n) is 1.80. The predicted molar refractivity (Wildman–Crippen MR) is 79.1 cm³/mol. The van der Waals surface area contributed by atoms with Gasteiger partial charge in [-0.2, -0.15) is 0 Å². The largest absolute Gasteiger partial charge is 0.397 e. The number of hydrogen-bond acceptors (Lipinski definition) is 3. The highest BCUT2D eigenvalue weighted by Gasteiger charge is 2.11. The minimum Gasteiger partial charge on any atom is -0.397 e. The molecule has 98 valence electrons. The quantitative estimate of drug-likeness (QED) is 0.722. The number of nitrogens with two attached hydrogens (primary N) is 2. The Morgan fingerprint density at radius 1 is 1.05 bits per heavy atom. The molecule has 4 heteroatoms. The average molecular weight is 255 g/mol. The molecule has 0 fully saturated rings. The normalized spacial score (nSPS) is 10.2. The third-order valence-corrected chi connectivity index (χ3v) is 3.15. The fraction of sp³-hybridized carbons (Fsp3) is 0.133. The molecular formula is C15H17N3O. The first-order chi connectivity index (χ1) is 8.99. The zero-order valence-corrected chi connectivity index (χ0v) is 11.0. The summed E-state index contributed by atoms with van der Waals surface area (Å²) in [7, 11) is 0. The highest BCUT2D eigenvalue weighted by Crippen LogP contribution is 2.21. The van der Waals surface area contributed by atoms with Gasteiger partial charge in [0.15, 0.2) is 0 Å². The molecule has 1 amide bonds. The van der Waals surface area contributed by atoms with Crippen molar-refractivity contribution in [2.24, 2.45) is 0 Å². The Hall–Kier alpha value is -2.49. The minimum atomic E-state index is -0.256. The molecule has 0 spiro atoms. The maximum absolute atomic E-state index is 12.1. The van der Waals surface area contributed by atoms with E-state index in [1.54, 1.807) is 18.2 Å². The summed E-state index contributed by atoms with van der Waals surface area (Å²) < 4.78 is 0. The smallest absolute Gasteiger partial charge is 0.257 e. The second-order valence-electron chi connectivity index (χ2n) is 4.56.